The Morgan fingerprint density at radius 1 is 1.28 bits per heavy atom. The summed E-state index contributed by atoms with van der Waals surface area (Å²) in [5.74, 6) is -1.10. The van der Waals surface area contributed by atoms with E-state index in [-0.39, 0.29) is 12.4 Å². The van der Waals surface area contributed by atoms with Gasteiger partial charge in [-0.15, -0.1) is 0 Å². The number of hydrogen-bond donors (Lipinski definition) is 1. The number of benzene rings is 1. The Morgan fingerprint density at radius 3 is 2.72 bits per heavy atom. The van der Waals surface area contributed by atoms with E-state index < -0.39 is 18.2 Å². The lowest BCUT2D eigenvalue weighted by atomic mass is 10.1. The van der Waals surface area contributed by atoms with Crippen molar-refractivity contribution in [2.24, 2.45) is 0 Å². The highest BCUT2D eigenvalue weighted by Gasteiger charge is 2.38. The van der Waals surface area contributed by atoms with E-state index in [9.17, 15) is 18.0 Å². The molecule has 2 aromatic heterocycles. The number of pyridine rings is 1. The Kier molecular flexibility index (Phi) is 5.66. The van der Waals surface area contributed by atoms with Gasteiger partial charge >= 0.3 is 18.2 Å². The summed E-state index contributed by atoms with van der Waals surface area (Å²) in [5, 5.41) is 5.89. The molecule has 29 heavy (non-hydrogen) atoms. The number of nitrogens with one attached hydrogen (secondary N) is 1. The maximum atomic E-state index is 12.6. The van der Waals surface area contributed by atoms with Gasteiger partial charge in [-0.25, -0.2) is 4.79 Å². The number of hydrogen-bond acceptors (Lipinski definition) is 7. The van der Waals surface area contributed by atoms with Crippen molar-refractivity contribution < 1.29 is 32.0 Å². The zero-order valence-electron chi connectivity index (χ0n) is 15.3. The third-order valence-corrected chi connectivity index (χ3v) is 3.83. The topological polar surface area (TPSA) is 99.4 Å². The van der Waals surface area contributed by atoms with E-state index in [1.807, 2.05) is 0 Å². The van der Waals surface area contributed by atoms with Gasteiger partial charge < -0.3 is 14.0 Å². The summed E-state index contributed by atoms with van der Waals surface area (Å²) in [6, 6.07) is 6.12. The fourth-order valence-electron chi connectivity index (χ4n) is 2.41. The first kappa shape index (κ1) is 20.1. The zero-order chi connectivity index (χ0) is 21.0. The molecule has 0 aliphatic carbocycles. The quantitative estimate of drug-likeness (QED) is 0.675. The molecule has 3 rings (SSSR count). The van der Waals surface area contributed by atoms with Gasteiger partial charge in [-0.3, -0.25) is 10.3 Å². The minimum Gasteiger partial charge on any atom is -0.496 e. The van der Waals surface area contributed by atoms with Crippen LogP contribution in [0.25, 0.3) is 11.4 Å². The van der Waals surface area contributed by atoms with E-state index in [2.05, 4.69) is 25.0 Å². The molecular weight excluding hydrogens is 393 g/mol. The van der Waals surface area contributed by atoms with Crippen molar-refractivity contribution in [3.05, 3.63) is 53.7 Å². The maximum absolute atomic E-state index is 12.6. The van der Waals surface area contributed by atoms with Gasteiger partial charge in [0.25, 0.3) is 0 Å². The smallest absolute Gasteiger partial charge is 0.471 e. The Balaban J connectivity index is 1.66. The lowest BCUT2D eigenvalue weighted by Gasteiger charge is -2.11. The van der Waals surface area contributed by atoms with Crippen molar-refractivity contribution in [1.29, 1.82) is 0 Å². The second-order valence-electron chi connectivity index (χ2n) is 5.84. The average Bonchev–Trinajstić information content (AvgIpc) is 3.19. The number of alkyl halides is 3. The average molecular weight is 408 g/mol. The lowest BCUT2D eigenvalue weighted by molar-refractivity contribution is -0.159. The van der Waals surface area contributed by atoms with E-state index in [4.69, 9.17) is 9.47 Å². The molecule has 0 aliphatic heterocycles. The number of carbonyl (C=O) groups excluding carboxylic acids is 1. The minimum absolute atomic E-state index is 0.0525. The molecule has 2 heterocycles. The molecule has 1 amide bonds. The molecular formula is C18H15F3N4O4. The van der Waals surface area contributed by atoms with E-state index in [1.165, 1.54) is 31.5 Å². The summed E-state index contributed by atoms with van der Waals surface area (Å²) < 4.78 is 52.3. The Morgan fingerprint density at radius 2 is 2.07 bits per heavy atom. The van der Waals surface area contributed by atoms with Crippen LogP contribution in [0, 0.1) is 6.92 Å². The van der Waals surface area contributed by atoms with Crippen molar-refractivity contribution in [1.82, 2.24) is 15.1 Å². The Bertz CT molecular complexity index is 1020. The third kappa shape index (κ3) is 4.81. The molecule has 152 valence electrons. The lowest BCUT2D eigenvalue weighted by Crippen LogP contribution is -2.14. The molecule has 0 fully saturated rings. The standard InChI is InChI=1S/C18H15F3N4O4/c1-10-7-11(15-24-16(29-25-15)18(19,20)21)3-4-13(10)23-17(26)28-9-12-8-22-6-5-14(12)27-2/h3-8H,9H2,1-2H3,(H,23,26). The molecule has 0 bridgehead atoms. The van der Waals surface area contributed by atoms with Crippen LogP contribution in [-0.4, -0.2) is 28.3 Å². The number of aryl methyl sites for hydroxylation is 1. The van der Waals surface area contributed by atoms with Gasteiger partial charge in [-0.05, 0) is 36.8 Å². The normalized spacial score (nSPS) is 11.2. The Hall–Kier alpha value is -3.63. The minimum atomic E-state index is -4.72. The maximum Gasteiger partial charge on any atom is 0.471 e. The van der Waals surface area contributed by atoms with Crippen LogP contribution >= 0.6 is 0 Å². The van der Waals surface area contributed by atoms with E-state index in [0.29, 0.717) is 28.1 Å². The molecule has 0 radical (unpaired) electrons. The number of anilines is 1. The van der Waals surface area contributed by atoms with Crippen LogP contribution in [0.2, 0.25) is 0 Å². The van der Waals surface area contributed by atoms with Crippen LogP contribution in [0.5, 0.6) is 5.75 Å². The Labute approximate surface area is 162 Å². The zero-order valence-corrected chi connectivity index (χ0v) is 15.3. The molecule has 0 spiro atoms. The van der Waals surface area contributed by atoms with Gasteiger partial charge in [0.1, 0.15) is 12.4 Å². The van der Waals surface area contributed by atoms with Gasteiger partial charge in [-0.2, -0.15) is 18.2 Å². The van der Waals surface area contributed by atoms with E-state index >= 15 is 0 Å². The SMILES string of the molecule is COc1ccncc1COC(=O)Nc1ccc(-c2noc(C(F)(F)F)n2)cc1C. The van der Waals surface area contributed by atoms with Crippen LogP contribution in [0.15, 0.2) is 41.2 Å². The van der Waals surface area contributed by atoms with Gasteiger partial charge in [-0.1, -0.05) is 5.16 Å². The first-order valence-corrected chi connectivity index (χ1v) is 8.20. The van der Waals surface area contributed by atoms with Crippen molar-refractivity contribution >= 4 is 11.8 Å². The number of amides is 1. The van der Waals surface area contributed by atoms with Crippen LogP contribution in [0.3, 0.4) is 0 Å². The van der Waals surface area contributed by atoms with Gasteiger partial charge in [0.2, 0.25) is 5.82 Å². The largest absolute Gasteiger partial charge is 0.496 e. The highest BCUT2D eigenvalue weighted by molar-refractivity contribution is 5.86. The number of aromatic nitrogens is 3. The summed E-state index contributed by atoms with van der Waals surface area (Å²) in [4.78, 5) is 19.3. The van der Waals surface area contributed by atoms with Crippen LogP contribution in [-0.2, 0) is 17.5 Å². The highest BCUT2D eigenvalue weighted by Crippen LogP contribution is 2.30. The van der Waals surface area contributed by atoms with Crippen LogP contribution in [0.1, 0.15) is 17.0 Å². The number of carbonyl (C=O) groups is 1. The number of ether oxygens (including phenoxy) is 2. The second-order valence-corrected chi connectivity index (χ2v) is 5.84. The first-order valence-electron chi connectivity index (χ1n) is 8.20. The molecule has 0 saturated carbocycles. The van der Waals surface area contributed by atoms with E-state index in [1.54, 1.807) is 19.2 Å². The number of halogens is 3. The molecule has 1 N–H and O–H groups in total. The van der Waals surface area contributed by atoms with Crippen molar-refractivity contribution in [3.63, 3.8) is 0 Å². The molecule has 0 unspecified atom stereocenters. The van der Waals surface area contributed by atoms with E-state index in [0.717, 1.165) is 0 Å². The van der Waals surface area contributed by atoms with Crippen LogP contribution < -0.4 is 10.1 Å². The number of nitrogens with zero attached hydrogens (tertiary/aromatic N) is 3. The molecule has 1 aromatic carbocycles. The summed E-state index contributed by atoms with van der Waals surface area (Å²) in [6.07, 6.45) is -2.37. The van der Waals surface area contributed by atoms with Crippen molar-refractivity contribution in [2.75, 3.05) is 12.4 Å². The summed E-state index contributed by atoms with van der Waals surface area (Å²) in [7, 11) is 1.49. The summed E-state index contributed by atoms with van der Waals surface area (Å²) >= 11 is 0. The van der Waals surface area contributed by atoms with Gasteiger partial charge in [0, 0.05) is 29.2 Å². The fourth-order valence-corrected chi connectivity index (χ4v) is 2.41. The predicted octanol–water partition coefficient (Wildman–Crippen LogP) is 4.22. The molecule has 3 aromatic rings. The first-order chi connectivity index (χ1) is 13.8. The second kappa shape index (κ2) is 8.17. The molecule has 11 heteroatoms. The molecule has 8 nitrogen and oxygen atoms in total. The molecule has 0 atom stereocenters. The predicted molar refractivity (Wildman–Crippen MR) is 94.1 cm³/mol. The van der Waals surface area contributed by atoms with Crippen molar-refractivity contribution in [2.45, 2.75) is 19.7 Å². The molecule has 0 saturated heterocycles. The van der Waals surface area contributed by atoms with Crippen molar-refractivity contribution in [3.8, 4) is 17.1 Å². The number of rotatable bonds is 5. The highest BCUT2D eigenvalue weighted by atomic mass is 19.4. The monoisotopic (exact) mass is 408 g/mol. The van der Waals surface area contributed by atoms with Gasteiger partial charge in [0.05, 0.1) is 7.11 Å². The molecule has 0 aliphatic rings. The summed E-state index contributed by atoms with van der Waals surface area (Å²) in [5.41, 5.74) is 1.88. The third-order valence-electron chi connectivity index (χ3n) is 3.83. The fraction of sp³-hybridized carbons (Fsp3) is 0.222. The number of methoxy groups -OCH3 is 1. The van der Waals surface area contributed by atoms with Crippen LogP contribution in [0.4, 0.5) is 23.7 Å². The van der Waals surface area contributed by atoms with Gasteiger partial charge in [0.15, 0.2) is 0 Å². The summed E-state index contributed by atoms with van der Waals surface area (Å²) in [6.45, 7) is 1.61.